The molecule has 0 bridgehead atoms. The summed E-state index contributed by atoms with van der Waals surface area (Å²) in [6, 6.07) is 4.50. The van der Waals surface area contributed by atoms with Gasteiger partial charge in [0.1, 0.15) is 5.82 Å². The largest absolute Gasteiger partial charge is 0.323 e. The molecule has 19 heavy (non-hydrogen) atoms. The first-order valence-corrected chi connectivity index (χ1v) is 7.27. The summed E-state index contributed by atoms with van der Waals surface area (Å²) in [5.74, 6) is -0.412. The van der Waals surface area contributed by atoms with E-state index in [9.17, 15) is 4.39 Å². The molecule has 0 fully saturated rings. The summed E-state index contributed by atoms with van der Waals surface area (Å²) in [5.41, 5.74) is 8.06. The van der Waals surface area contributed by atoms with Crippen LogP contribution in [0.2, 0.25) is 5.02 Å². The molecule has 0 aliphatic heterocycles. The van der Waals surface area contributed by atoms with Crippen molar-refractivity contribution in [1.29, 1.82) is 0 Å². The average molecular weight is 300 g/mol. The third-order valence-corrected chi connectivity index (χ3v) is 4.04. The number of aryl methyl sites for hydroxylation is 1. The first kappa shape index (κ1) is 14.4. The summed E-state index contributed by atoms with van der Waals surface area (Å²) in [7, 11) is 0. The molecule has 0 aliphatic carbocycles. The molecule has 1 aromatic heterocycles. The van der Waals surface area contributed by atoms with E-state index >= 15 is 0 Å². The predicted molar refractivity (Wildman–Crippen MR) is 75.9 cm³/mol. The molecule has 3 nitrogen and oxygen atoms in total. The van der Waals surface area contributed by atoms with Crippen molar-refractivity contribution in [3.63, 3.8) is 0 Å². The highest BCUT2D eigenvalue weighted by Gasteiger charge is 2.16. The summed E-state index contributed by atoms with van der Waals surface area (Å²) >= 11 is 7.10. The molecule has 2 rings (SSSR count). The van der Waals surface area contributed by atoms with Crippen LogP contribution in [0.4, 0.5) is 4.39 Å². The number of hydrogen-bond donors (Lipinski definition) is 1. The maximum atomic E-state index is 13.1. The Balaban J connectivity index is 2.13. The molecule has 2 aromatic rings. The van der Waals surface area contributed by atoms with E-state index in [1.54, 1.807) is 12.1 Å². The second-order valence-electron chi connectivity index (χ2n) is 4.39. The fraction of sp³-hybridized carbons (Fsp3) is 0.385. The summed E-state index contributed by atoms with van der Waals surface area (Å²) in [6.07, 6.45) is 2.48. The van der Waals surface area contributed by atoms with Gasteiger partial charge in [-0.3, -0.25) is 0 Å². The minimum Gasteiger partial charge on any atom is -0.323 e. The van der Waals surface area contributed by atoms with Crippen LogP contribution in [0.15, 0.2) is 18.2 Å². The van der Waals surface area contributed by atoms with Gasteiger partial charge in [0.05, 0.1) is 15.6 Å². The van der Waals surface area contributed by atoms with E-state index in [4.69, 9.17) is 17.3 Å². The van der Waals surface area contributed by atoms with E-state index in [1.807, 2.05) is 0 Å². The van der Waals surface area contributed by atoms with Gasteiger partial charge in [0, 0.05) is 6.04 Å². The molecule has 6 heteroatoms. The second-order valence-corrected chi connectivity index (χ2v) is 5.59. The molecule has 2 N–H and O–H groups in total. The zero-order chi connectivity index (χ0) is 13.8. The van der Waals surface area contributed by atoms with Crippen molar-refractivity contribution >= 4 is 23.1 Å². The highest BCUT2D eigenvalue weighted by molar-refractivity contribution is 7.05. The number of nitrogens with two attached hydrogens (primary N) is 1. The highest BCUT2D eigenvalue weighted by Crippen LogP contribution is 2.25. The number of hydrogen-bond acceptors (Lipinski definition) is 4. The van der Waals surface area contributed by atoms with Crippen LogP contribution in [0.3, 0.4) is 0 Å². The lowest BCUT2D eigenvalue weighted by atomic mass is 10.0. The molecule has 1 heterocycles. The third kappa shape index (κ3) is 3.49. The van der Waals surface area contributed by atoms with Gasteiger partial charge in [-0.1, -0.05) is 35.5 Å². The van der Waals surface area contributed by atoms with Gasteiger partial charge in [0.25, 0.3) is 0 Å². The Bertz CT molecular complexity index is 559. The number of benzene rings is 1. The van der Waals surface area contributed by atoms with Crippen molar-refractivity contribution in [2.45, 2.75) is 32.2 Å². The van der Waals surface area contributed by atoms with Gasteiger partial charge in [-0.25, -0.2) is 4.39 Å². The van der Waals surface area contributed by atoms with Gasteiger partial charge < -0.3 is 5.73 Å². The van der Waals surface area contributed by atoms with Crippen LogP contribution in [-0.4, -0.2) is 9.59 Å². The fourth-order valence-electron chi connectivity index (χ4n) is 1.92. The van der Waals surface area contributed by atoms with Gasteiger partial charge in [-0.05, 0) is 42.1 Å². The minimum atomic E-state index is -0.412. The minimum absolute atomic E-state index is 0.126. The monoisotopic (exact) mass is 299 g/mol. The zero-order valence-electron chi connectivity index (χ0n) is 10.6. The van der Waals surface area contributed by atoms with Gasteiger partial charge in [0.15, 0.2) is 0 Å². The van der Waals surface area contributed by atoms with Crippen LogP contribution in [0.5, 0.6) is 0 Å². The Morgan fingerprint density at radius 1 is 1.47 bits per heavy atom. The van der Waals surface area contributed by atoms with Gasteiger partial charge >= 0.3 is 0 Å². The Morgan fingerprint density at radius 2 is 2.26 bits per heavy atom. The lowest BCUT2D eigenvalue weighted by Crippen LogP contribution is -2.14. The number of rotatable bonds is 5. The molecule has 0 saturated heterocycles. The van der Waals surface area contributed by atoms with Gasteiger partial charge in [-0.2, -0.15) is 0 Å². The molecular weight excluding hydrogens is 285 g/mol. The lowest BCUT2D eigenvalue weighted by Gasteiger charge is -2.11. The van der Waals surface area contributed by atoms with Gasteiger partial charge in [0.2, 0.25) is 0 Å². The van der Waals surface area contributed by atoms with Crippen LogP contribution < -0.4 is 5.73 Å². The Kier molecular flexibility index (Phi) is 4.85. The van der Waals surface area contributed by atoms with E-state index in [0.717, 1.165) is 29.0 Å². The Morgan fingerprint density at radius 3 is 2.95 bits per heavy atom. The molecule has 0 amide bonds. The topological polar surface area (TPSA) is 51.8 Å². The molecule has 0 aliphatic rings. The van der Waals surface area contributed by atoms with Crippen molar-refractivity contribution in [2.24, 2.45) is 5.73 Å². The third-order valence-electron chi connectivity index (χ3n) is 2.85. The summed E-state index contributed by atoms with van der Waals surface area (Å²) in [5, 5.41) is 4.23. The molecule has 1 aromatic carbocycles. The first-order valence-electron chi connectivity index (χ1n) is 6.12. The molecule has 1 atom stereocenters. The standard InChI is InChI=1S/C13H15ClFN3S/c1-2-3-12-13(19-18-17-12)11(16)7-8-4-5-10(15)9(14)6-8/h4-6,11H,2-3,7,16H2,1H3. The van der Waals surface area contributed by atoms with Crippen LogP contribution in [-0.2, 0) is 12.8 Å². The molecule has 0 saturated carbocycles. The average Bonchev–Trinajstić information content (AvgIpc) is 2.83. The smallest absolute Gasteiger partial charge is 0.141 e. The van der Waals surface area contributed by atoms with Crippen molar-refractivity contribution in [2.75, 3.05) is 0 Å². The first-order chi connectivity index (χ1) is 9.11. The van der Waals surface area contributed by atoms with E-state index in [0.29, 0.717) is 6.42 Å². The van der Waals surface area contributed by atoms with Crippen molar-refractivity contribution in [3.8, 4) is 0 Å². The maximum Gasteiger partial charge on any atom is 0.141 e. The summed E-state index contributed by atoms with van der Waals surface area (Å²) < 4.78 is 17.1. The number of halogens is 2. The lowest BCUT2D eigenvalue weighted by molar-refractivity contribution is 0.626. The second kappa shape index (κ2) is 6.41. The van der Waals surface area contributed by atoms with Crippen molar-refractivity contribution in [1.82, 2.24) is 9.59 Å². The number of aromatic nitrogens is 2. The zero-order valence-corrected chi connectivity index (χ0v) is 12.1. The quantitative estimate of drug-likeness (QED) is 0.919. The van der Waals surface area contributed by atoms with E-state index in [-0.39, 0.29) is 11.1 Å². The summed E-state index contributed by atoms with van der Waals surface area (Å²) in [6.45, 7) is 2.09. The molecule has 102 valence electrons. The molecule has 1 unspecified atom stereocenters. The van der Waals surface area contributed by atoms with Crippen LogP contribution >= 0.6 is 23.1 Å². The fourth-order valence-corrected chi connectivity index (χ4v) is 2.82. The molecule has 0 radical (unpaired) electrons. The normalized spacial score (nSPS) is 12.6. The summed E-state index contributed by atoms with van der Waals surface area (Å²) in [4.78, 5) is 1.00. The van der Waals surface area contributed by atoms with E-state index < -0.39 is 5.82 Å². The maximum absolute atomic E-state index is 13.1. The molecule has 0 spiro atoms. The Hall–Kier alpha value is -1.04. The van der Waals surface area contributed by atoms with Crippen LogP contribution in [0, 0.1) is 5.82 Å². The van der Waals surface area contributed by atoms with Gasteiger partial charge in [-0.15, -0.1) is 5.10 Å². The van der Waals surface area contributed by atoms with Crippen molar-refractivity contribution < 1.29 is 4.39 Å². The predicted octanol–water partition coefficient (Wildman–Crippen LogP) is 3.53. The highest BCUT2D eigenvalue weighted by atomic mass is 35.5. The SMILES string of the molecule is CCCc1nnsc1C(N)Cc1ccc(F)c(Cl)c1. The van der Waals surface area contributed by atoms with Crippen molar-refractivity contribution in [3.05, 3.63) is 45.2 Å². The molecular formula is C13H15ClFN3S. The van der Waals surface area contributed by atoms with E-state index in [2.05, 4.69) is 16.5 Å². The Labute approximate surface area is 120 Å². The number of nitrogens with zero attached hydrogens (tertiary/aromatic N) is 2. The van der Waals surface area contributed by atoms with Crippen LogP contribution in [0.25, 0.3) is 0 Å². The van der Waals surface area contributed by atoms with Crippen LogP contribution in [0.1, 0.15) is 35.5 Å². The van der Waals surface area contributed by atoms with E-state index in [1.165, 1.54) is 17.6 Å².